The fraction of sp³-hybridized carbons (Fsp3) is 0.316. The number of rotatable bonds is 8. The van der Waals surface area contributed by atoms with Gasteiger partial charge in [-0.2, -0.15) is 0 Å². The predicted octanol–water partition coefficient (Wildman–Crippen LogP) is 2.26. The number of carbonyl (C=O) groups is 1. The number of aryl methyl sites for hydroxylation is 2. The van der Waals surface area contributed by atoms with Crippen molar-refractivity contribution in [2.75, 3.05) is 30.3 Å². The van der Waals surface area contributed by atoms with Crippen LogP contribution in [0.2, 0.25) is 0 Å². The van der Waals surface area contributed by atoms with E-state index in [9.17, 15) is 13.2 Å². The molecule has 0 saturated carbocycles. The second kappa shape index (κ2) is 8.71. The van der Waals surface area contributed by atoms with Crippen molar-refractivity contribution in [3.05, 3.63) is 59.7 Å². The van der Waals surface area contributed by atoms with Gasteiger partial charge in [-0.3, -0.25) is 9.10 Å². The van der Waals surface area contributed by atoms with E-state index in [4.69, 9.17) is 4.74 Å². The summed E-state index contributed by atoms with van der Waals surface area (Å²) in [5.74, 6) is 0.340. The van der Waals surface area contributed by atoms with Gasteiger partial charge in [0.1, 0.15) is 18.9 Å². The van der Waals surface area contributed by atoms with Gasteiger partial charge in [0.05, 0.1) is 18.5 Å². The van der Waals surface area contributed by atoms with Crippen molar-refractivity contribution in [1.29, 1.82) is 0 Å². The van der Waals surface area contributed by atoms with Crippen molar-refractivity contribution in [2.45, 2.75) is 13.8 Å². The first-order valence-electron chi connectivity index (χ1n) is 8.26. The standard InChI is InChI=1S/C19H24N2O4S/c1-15-7-9-18(10-8-15)25-12-11-20-19(22)14-21(26(3,23)24)17-6-4-5-16(2)13-17/h4-10,13H,11-12,14H2,1-3H3,(H,20,22). The lowest BCUT2D eigenvalue weighted by molar-refractivity contribution is -0.119. The molecular weight excluding hydrogens is 352 g/mol. The number of carbonyl (C=O) groups excluding carboxylic acids is 1. The third-order valence-corrected chi connectivity index (χ3v) is 4.83. The van der Waals surface area contributed by atoms with E-state index in [1.54, 1.807) is 18.2 Å². The smallest absolute Gasteiger partial charge is 0.240 e. The molecule has 0 heterocycles. The summed E-state index contributed by atoms with van der Waals surface area (Å²) < 4.78 is 30.7. The van der Waals surface area contributed by atoms with Gasteiger partial charge in [-0.25, -0.2) is 8.42 Å². The van der Waals surface area contributed by atoms with E-state index in [2.05, 4.69) is 5.32 Å². The van der Waals surface area contributed by atoms with Crippen molar-refractivity contribution in [2.24, 2.45) is 0 Å². The topological polar surface area (TPSA) is 75.7 Å². The average Bonchev–Trinajstić information content (AvgIpc) is 2.57. The van der Waals surface area contributed by atoms with Crippen LogP contribution in [0, 0.1) is 13.8 Å². The summed E-state index contributed by atoms with van der Waals surface area (Å²) in [5.41, 5.74) is 2.53. The number of anilines is 1. The Kier molecular flexibility index (Phi) is 6.63. The molecule has 0 atom stereocenters. The molecule has 0 aliphatic rings. The first-order chi connectivity index (χ1) is 12.3. The van der Waals surface area contributed by atoms with Crippen LogP contribution in [0.1, 0.15) is 11.1 Å². The Morgan fingerprint density at radius 1 is 1.08 bits per heavy atom. The molecule has 0 aliphatic carbocycles. The molecule has 140 valence electrons. The molecule has 26 heavy (non-hydrogen) atoms. The van der Waals surface area contributed by atoms with Crippen LogP contribution in [-0.2, 0) is 14.8 Å². The molecule has 7 heteroatoms. The number of nitrogens with one attached hydrogen (secondary N) is 1. The first-order valence-corrected chi connectivity index (χ1v) is 10.1. The lowest BCUT2D eigenvalue weighted by Crippen LogP contribution is -2.41. The van der Waals surface area contributed by atoms with Gasteiger partial charge in [0, 0.05) is 0 Å². The number of amides is 1. The fourth-order valence-electron chi connectivity index (χ4n) is 2.36. The van der Waals surface area contributed by atoms with Crippen molar-refractivity contribution in [3.8, 4) is 5.75 Å². The van der Waals surface area contributed by atoms with Gasteiger partial charge in [-0.05, 0) is 43.7 Å². The Balaban J connectivity index is 1.88. The average molecular weight is 376 g/mol. The Hall–Kier alpha value is -2.54. The van der Waals surface area contributed by atoms with Crippen LogP contribution >= 0.6 is 0 Å². The molecule has 0 saturated heterocycles. The predicted molar refractivity (Wildman–Crippen MR) is 103 cm³/mol. The Bertz CT molecular complexity index is 848. The third-order valence-electron chi connectivity index (χ3n) is 3.69. The molecule has 2 rings (SSSR count). The van der Waals surface area contributed by atoms with Crippen LogP contribution in [-0.4, -0.2) is 40.3 Å². The molecule has 1 amide bonds. The molecule has 0 unspecified atom stereocenters. The Morgan fingerprint density at radius 2 is 1.77 bits per heavy atom. The van der Waals surface area contributed by atoms with Crippen LogP contribution in [0.25, 0.3) is 0 Å². The summed E-state index contributed by atoms with van der Waals surface area (Å²) >= 11 is 0. The minimum atomic E-state index is -3.57. The van der Waals surface area contributed by atoms with Crippen LogP contribution in [0.5, 0.6) is 5.75 Å². The molecule has 0 radical (unpaired) electrons. The van der Waals surface area contributed by atoms with Gasteiger partial charge < -0.3 is 10.1 Å². The van der Waals surface area contributed by atoms with Crippen molar-refractivity contribution in [1.82, 2.24) is 5.32 Å². The van der Waals surface area contributed by atoms with Crippen molar-refractivity contribution < 1.29 is 17.9 Å². The highest BCUT2D eigenvalue weighted by molar-refractivity contribution is 7.92. The van der Waals surface area contributed by atoms with Crippen molar-refractivity contribution >= 4 is 21.6 Å². The monoisotopic (exact) mass is 376 g/mol. The van der Waals surface area contributed by atoms with Crippen LogP contribution in [0.3, 0.4) is 0 Å². The second-order valence-corrected chi connectivity index (χ2v) is 8.03. The summed E-state index contributed by atoms with van der Waals surface area (Å²) in [6.45, 7) is 4.18. The summed E-state index contributed by atoms with van der Waals surface area (Å²) in [7, 11) is -3.57. The molecule has 6 nitrogen and oxygen atoms in total. The van der Waals surface area contributed by atoms with E-state index in [1.807, 2.05) is 44.2 Å². The minimum Gasteiger partial charge on any atom is -0.492 e. The normalized spacial score (nSPS) is 11.0. The molecular formula is C19H24N2O4S. The highest BCUT2D eigenvalue weighted by Gasteiger charge is 2.20. The highest BCUT2D eigenvalue weighted by atomic mass is 32.2. The summed E-state index contributed by atoms with van der Waals surface area (Å²) in [5, 5.41) is 2.68. The number of ether oxygens (including phenoxy) is 1. The van der Waals surface area contributed by atoms with E-state index in [-0.39, 0.29) is 19.0 Å². The summed E-state index contributed by atoms with van der Waals surface area (Å²) in [6.07, 6.45) is 1.09. The first kappa shape index (κ1) is 19.8. The zero-order valence-electron chi connectivity index (χ0n) is 15.2. The number of hydrogen-bond donors (Lipinski definition) is 1. The molecule has 1 N–H and O–H groups in total. The quantitative estimate of drug-likeness (QED) is 0.717. The summed E-state index contributed by atoms with van der Waals surface area (Å²) in [4.78, 5) is 12.1. The maximum atomic E-state index is 12.1. The number of hydrogen-bond acceptors (Lipinski definition) is 4. The molecule has 0 fully saturated rings. The van der Waals surface area contributed by atoms with Gasteiger partial charge in [-0.15, -0.1) is 0 Å². The minimum absolute atomic E-state index is 0.271. The number of sulfonamides is 1. The van der Waals surface area contributed by atoms with Gasteiger partial charge in [0.15, 0.2) is 0 Å². The fourth-order valence-corrected chi connectivity index (χ4v) is 3.21. The van der Waals surface area contributed by atoms with Gasteiger partial charge in [-0.1, -0.05) is 29.8 Å². The lowest BCUT2D eigenvalue weighted by atomic mass is 10.2. The molecule has 2 aromatic carbocycles. The lowest BCUT2D eigenvalue weighted by Gasteiger charge is -2.22. The van der Waals surface area contributed by atoms with Crippen LogP contribution < -0.4 is 14.4 Å². The van der Waals surface area contributed by atoms with Gasteiger partial charge in [0.2, 0.25) is 15.9 Å². The van der Waals surface area contributed by atoms with Gasteiger partial charge >= 0.3 is 0 Å². The second-order valence-electron chi connectivity index (χ2n) is 6.12. The largest absolute Gasteiger partial charge is 0.492 e. The SMILES string of the molecule is Cc1ccc(OCCNC(=O)CN(c2cccc(C)c2)S(C)(=O)=O)cc1. The molecule has 2 aromatic rings. The van der Waals surface area contributed by atoms with E-state index in [1.165, 1.54) is 0 Å². The van der Waals surface area contributed by atoms with Crippen molar-refractivity contribution in [3.63, 3.8) is 0 Å². The van der Waals surface area contributed by atoms with Crippen LogP contribution in [0.4, 0.5) is 5.69 Å². The molecule has 0 spiro atoms. The zero-order chi connectivity index (χ0) is 19.2. The van der Waals surface area contributed by atoms with E-state index in [0.717, 1.165) is 27.4 Å². The highest BCUT2D eigenvalue weighted by Crippen LogP contribution is 2.18. The maximum Gasteiger partial charge on any atom is 0.240 e. The molecule has 0 aromatic heterocycles. The van der Waals surface area contributed by atoms with Crippen LogP contribution in [0.15, 0.2) is 48.5 Å². The third kappa shape index (κ3) is 6.07. The summed E-state index contributed by atoms with van der Waals surface area (Å²) in [6, 6.07) is 14.6. The Labute approximate surface area is 154 Å². The van der Waals surface area contributed by atoms with Gasteiger partial charge in [0.25, 0.3) is 0 Å². The maximum absolute atomic E-state index is 12.1. The number of nitrogens with zero attached hydrogens (tertiary/aromatic N) is 1. The Morgan fingerprint density at radius 3 is 2.38 bits per heavy atom. The zero-order valence-corrected chi connectivity index (χ0v) is 16.0. The van der Waals surface area contributed by atoms with E-state index >= 15 is 0 Å². The number of benzene rings is 2. The molecule has 0 bridgehead atoms. The van der Waals surface area contributed by atoms with E-state index < -0.39 is 10.0 Å². The van der Waals surface area contributed by atoms with E-state index in [0.29, 0.717) is 12.3 Å². The molecule has 0 aliphatic heterocycles.